The first-order valence-electron chi connectivity index (χ1n) is 13.0. The Kier molecular flexibility index (Phi) is 8.87. The average Bonchev–Trinajstić information content (AvgIpc) is 3.11. The molecule has 1 heterocycles. The summed E-state index contributed by atoms with van der Waals surface area (Å²) in [4.78, 5) is 24.9. The Morgan fingerprint density at radius 3 is 2.53 bits per heavy atom. The largest absolute Gasteiger partial charge is 0.459 e. The lowest BCUT2D eigenvalue weighted by Gasteiger charge is -2.62. The fourth-order valence-corrected chi connectivity index (χ4v) is 6.44. The molecule has 0 aromatic heterocycles. The zero-order chi connectivity index (χ0) is 26.8. The van der Waals surface area contributed by atoms with E-state index in [4.69, 9.17) is 18.9 Å². The summed E-state index contributed by atoms with van der Waals surface area (Å²) >= 11 is 0. The zero-order valence-corrected chi connectivity index (χ0v) is 22.4. The van der Waals surface area contributed by atoms with Gasteiger partial charge in [0.25, 0.3) is 0 Å². The van der Waals surface area contributed by atoms with Gasteiger partial charge in [0, 0.05) is 25.9 Å². The summed E-state index contributed by atoms with van der Waals surface area (Å²) in [6.07, 6.45) is 2.20. The van der Waals surface area contributed by atoms with Crippen molar-refractivity contribution in [2.24, 2.45) is 22.7 Å². The minimum absolute atomic E-state index is 0.228. The molecule has 0 aromatic rings. The summed E-state index contributed by atoms with van der Waals surface area (Å²) in [5.41, 5.74) is -0.323. The molecule has 2 N–H and O–H groups in total. The van der Waals surface area contributed by atoms with Crippen molar-refractivity contribution in [3.8, 4) is 0 Å². The number of carbonyl (C=O) groups excluding carboxylic acids is 2. The molecule has 3 aliphatic rings. The minimum atomic E-state index is -1.26. The molecule has 1 saturated carbocycles. The molecule has 0 bridgehead atoms. The van der Waals surface area contributed by atoms with Crippen LogP contribution in [0.25, 0.3) is 0 Å². The molecule has 36 heavy (non-hydrogen) atoms. The number of esters is 2. The molecule has 0 radical (unpaired) electrons. The molecule has 2 fully saturated rings. The molecule has 0 amide bonds. The highest BCUT2D eigenvalue weighted by molar-refractivity contribution is 5.69. The Labute approximate surface area is 214 Å². The van der Waals surface area contributed by atoms with Gasteiger partial charge in [-0.15, -0.1) is 0 Å². The van der Waals surface area contributed by atoms with E-state index in [1.54, 1.807) is 12.2 Å². The number of aliphatic hydroxyl groups excluding tert-OH is 2. The molecule has 8 nitrogen and oxygen atoms in total. The fraction of sp³-hybridized carbons (Fsp3) is 0.714. The van der Waals surface area contributed by atoms with Crippen molar-refractivity contribution >= 4 is 11.9 Å². The molecule has 3 rings (SSSR count). The lowest BCUT2D eigenvalue weighted by molar-refractivity contribution is -0.277. The van der Waals surface area contributed by atoms with Crippen LogP contribution >= 0.6 is 0 Å². The maximum Gasteiger partial charge on any atom is 0.306 e. The second kappa shape index (κ2) is 11.2. The number of carbonyl (C=O) groups is 2. The zero-order valence-electron chi connectivity index (χ0n) is 22.4. The Morgan fingerprint density at radius 2 is 1.94 bits per heavy atom. The number of rotatable bonds is 9. The van der Waals surface area contributed by atoms with Crippen LogP contribution in [0.3, 0.4) is 0 Å². The molecule has 1 aliphatic heterocycles. The van der Waals surface area contributed by atoms with Gasteiger partial charge in [-0.25, -0.2) is 0 Å². The third-order valence-electron chi connectivity index (χ3n) is 8.45. The van der Waals surface area contributed by atoms with Gasteiger partial charge in [-0.2, -0.15) is 0 Å². The van der Waals surface area contributed by atoms with Crippen molar-refractivity contribution in [2.45, 2.75) is 98.1 Å². The second-order valence-corrected chi connectivity index (χ2v) is 10.6. The highest BCUT2D eigenvalue weighted by Gasteiger charge is 2.73. The topological polar surface area (TPSA) is 112 Å². The first-order chi connectivity index (χ1) is 17.0. The van der Waals surface area contributed by atoms with Gasteiger partial charge in [0.05, 0.1) is 11.5 Å². The van der Waals surface area contributed by atoms with Gasteiger partial charge in [-0.05, 0) is 50.0 Å². The predicted octanol–water partition coefficient (Wildman–Crippen LogP) is 3.81. The Hall–Kier alpha value is -2.00. The highest BCUT2D eigenvalue weighted by atomic mass is 16.8. The van der Waals surface area contributed by atoms with Crippen molar-refractivity contribution in [3.05, 3.63) is 36.0 Å². The van der Waals surface area contributed by atoms with E-state index in [2.05, 4.69) is 19.6 Å². The number of hydrogen-bond acceptors (Lipinski definition) is 8. The second-order valence-electron chi connectivity index (χ2n) is 10.6. The van der Waals surface area contributed by atoms with Gasteiger partial charge in [0.1, 0.15) is 12.2 Å². The number of aliphatic hydroxyl groups is 2. The number of ether oxygens (including phenoxy) is 4. The Morgan fingerprint density at radius 1 is 1.25 bits per heavy atom. The molecule has 202 valence electrons. The van der Waals surface area contributed by atoms with Crippen LogP contribution in [0.2, 0.25) is 0 Å². The lowest BCUT2D eigenvalue weighted by Crippen LogP contribution is -2.68. The fourth-order valence-electron chi connectivity index (χ4n) is 6.44. The Bertz CT molecular complexity index is 909. The van der Waals surface area contributed by atoms with Crippen molar-refractivity contribution < 1.29 is 38.7 Å². The average molecular weight is 507 g/mol. The van der Waals surface area contributed by atoms with E-state index in [0.717, 1.165) is 5.57 Å². The monoisotopic (exact) mass is 506 g/mol. The summed E-state index contributed by atoms with van der Waals surface area (Å²) in [6, 6.07) is 0. The molecule has 1 spiro atoms. The van der Waals surface area contributed by atoms with Crippen LogP contribution in [0, 0.1) is 22.7 Å². The van der Waals surface area contributed by atoms with Gasteiger partial charge < -0.3 is 29.2 Å². The first kappa shape index (κ1) is 28.6. The summed E-state index contributed by atoms with van der Waals surface area (Å²) in [6.45, 7) is 15.2. The SMILES string of the molecule is C=C/C(C)=C\C[C@]1(C)[C@H](C)[C@@H](OC(=O)CCC)[C@H](O)[C@@]23C(=C[C@H](O)C[C@@H]12)[C@@H](OCC)OC3OC(C)=O. The van der Waals surface area contributed by atoms with Gasteiger partial charge in [0.15, 0.2) is 6.29 Å². The third kappa shape index (κ3) is 4.80. The van der Waals surface area contributed by atoms with Gasteiger partial charge in [-0.1, -0.05) is 51.2 Å². The molecule has 2 aliphatic carbocycles. The van der Waals surface area contributed by atoms with Crippen LogP contribution in [0.5, 0.6) is 0 Å². The maximum atomic E-state index is 12.7. The summed E-state index contributed by atoms with van der Waals surface area (Å²) < 4.78 is 23.7. The van der Waals surface area contributed by atoms with Gasteiger partial charge in [0.2, 0.25) is 6.29 Å². The van der Waals surface area contributed by atoms with Crippen molar-refractivity contribution in [3.63, 3.8) is 0 Å². The van der Waals surface area contributed by atoms with Crippen LogP contribution < -0.4 is 0 Å². The normalized spacial score (nSPS) is 40.1. The van der Waals surface area contributed by atoms with E-state index in [1.807, 2.05) is 27.7 Å². The summed E-state index contributed by atoms with van der Waals surface area (Å²) in [5.74, 6) is -1.62. The van der Waals surface area contributed by atoms with Crippen molar-refractivity contribution in [1.82, 2.24) is 0 Å². The van der Waals surface area contributed by atoms with Crippen LogP contribution in [0.15, 0.2) is 36.0 Å². The molecule has 1 unspecified atom stereocenters. The van der Waals surface area contributed by atoms with Crippen LogP contribution in [-0.4, -0.2) is 59.7 Å². The highest BCUT2D eigenvalue weighted by Crippen LogP contribution is 2.67. The quantitative estimate of drug-likeness (QED) is 0.276. The Balaban J connectivity index is 2.25. The van der Waals surface area contributed by atoms with E-state index in [9.17, 15) is 19.8 Å². The maximum absolute atomic E-state index is 12.7. The van der Waals surface area contributed by atoms with E-state index >= 15 is 0 Å². The lowest BCUT2D eigenvalue weighted by atomic mass is 9.44. The molecular weight excluding hydrogens is 464 g/mol. The minimum Gasteiger partial charge on any atom is -0.459 e. The van der Waals surface area contributed by atoms with Crippen molar-refractivity contribution in [2.75, 3.05) is 6.61 Å². The number of hydrogen-bond donors (Lipinski definition) is 2. The van der Waals surface area contributed by atoms with E-state index in [1.165, 1.54) is 6.92 Å². The summed E-state index contributed by atoms with van der Waals surface area (Å²) in [7, 11) is 0. The molecule has 1 saturated heterocycles. The van der Waals surface area contributed by atoms with E-state index in [0.29, 0.717) is 31.4 Å². The standard InChI is InChI=1S/C28H42O8/c1-8-11-22(31)35-23-17(5)27(7,13-12-16(4)9-2)21-15-19(30)14-20-25(33-10-3)36-26(34-18(6)29)28(20,21)24(23)32/h9,12,14,17,19,21,23-26,30,32H,2,8,10-11,13,15H2,1,3-7H3/b16-12-/t17-,19+,21+,23-,24+,25+,26?,27-,28-/m1/s1. The van der Waals surface area contributed by atoms with Crippen LogP contribution in [0.4, 0.5) is 0 Å². The molecule has 9 atom stereocenters. The van der Waals surface area contributed by atoms with E-state index in [-0.39, 0.29) is 18.3 Å². The van der Waals surface area contributed by atoms with Crippen LogP contribution in [0.1, 0.15) is 67.2 Å². The molecule has 0 aromatic carbocycles. The van der Waals surface area contributed by atoms with Crippen molar-refractivity contribution in [1.29, 1.82) is 0 Å². The molecular formula is C28H42O8. The summed E-state index contributed by atoms with van der Waals surface area (Å²) in [5, 5.41) is 23.0. The first-order valence-corrected chi connectivity index (χ1v) is 13.0. The number of allylic oxidation sites excluding steroid dienone is 3. The van der Waals surface area contributed by atoms with Gasteiger partial charge >= 0.3 is 11.9 Å². The third-order valence-corrected chi connectivity index (χ3v) is 8.45. The van der Waals surface area contributed by atoms with E-state index < -0.39 is 53.7 Å². The smallest absolute Gasteiger partial charge is 0.306 e. The molecule has 8 heteroatoms. The van der Waals surface area contributed by atoms with Gasteiger partial charge in [-0.3, -0.25) is 9.59 Å². The van der Waals surface area contributed by atoms with Crippen LogP contribution in [-0.2, 0) is 28.5 Å². The predicted molar refractivity (Wildman–Crippen MR) is 133 cm³/mol.